The molecule has 1 amide bonds. The van der Waals surface area contributed by atoms with Crippen molar-refractivity contribution in [1.29, 1.82) is 0 Å². The number of amides is 1. The Hall–Kier alpha value is -2.70. The molecule has 0 spiro atoms. The monoisotopic (exact) mass is 298 g/mol. The van der Waals surface area contributed by atoms with Gasteiger partial charge in [0, 0.05) is 44.1 Å². The summed E-state index contributed by atoms with van der Waals surface area (Å²) in [7, 11) is 1.84. The maximum Gasteiger partial charge on any atom is 0.252 e. The van der Waals surface area contributed by atoms with Crippen LogP contribution in [0.15, 0.2) is 30.7 Å². The Balaban J connectivity index is 1.61. The van der Waals surface area contributed by atoms with Gasteiger partial charge >= 0.3 is 0 Å². The second kappa shape index (κ2) is 5.97. The molecule has 3 heterocycles. The molecule has 0 bridgehead atoms. The fourth-order valence-corrected chi connectivity index (χ4v) is 2.41. The van der Waals surface area contributed by atoms with Crippen molar-refractivity contribution in [3.63, 3.8) is 0 Å². The molecule has 0 aliphatic rings. The van der Waals surface area contributed by atoms with E-state index in [9.17, 15) is 4.79 Å². The zero-order valence-corrected chi connectivity index (χ0v) is 12.7. The van der Waals surface area contributed by atoms with Crippen molar-refractivity contribution < 1.29 is 4.79 Å². The third kappa shape index (κ3) is 2.83. The number of aryl methyl sites for hydroxylation is 3. The zero-order chi connectivity index (χ0) is 15.5. The van der Waals surface area contributed by atoms with Gasteiger partial charge < -0.3 is 5.32 Å². The second-order valence-corrected chi connectivity index (χ2v) is 5.18. The number of fused-ring (bicyclic) bond motifs is 1. The first kappa shape index (κ1) is 14.2. The Labute approximate surface area is 128 Å². The maximum atomic E-state index is 12.2. The third-order valence-corrected chi connectivity index (χ3v) is 3.53. The molecule has 0 radical (unpaired) electrons. The van der Waals surface area contributed by atoms with Crippen molar-refractivity contribution in [2.75, 3.05) is 6.54 Å². The van der Waals surface area contributed by atoms with Crippen LogP contribution >= 0.6 is 0 Å². The largest absolute Gasteiger partial charge is 0.352 e. The van der Waals surface area contributed by atoms with Crippen LogP contribution in [-0.2, 0) is 13.6 Å². The quantitative estimate of drug-likeness (QED) is 0.720. The van der Waals surface area contributed by atoms with E-state index in [0.717, 1.165) is 29.7 Å². The lowest BCUT2D eigenvalue weighted by atomic mass is 10.2. The second-order valence-electron chi connectivity index (χ2n) is 5.18. The van der Waals surface area contributed by atoms with Gasteiger partial charge in [-0.2, -0.15) is 10.2 Å². The summed E-state index contributed by atoms with van der Waals surface area (Å²) in [6.07, 6.45) is 6.07. The van der Waals surface area contributed by atoms with E-state index < -0.39 is 0 Å². The molecule has 3 rings (SSSR count). The fraction of sp³-hybridized carbons (Fsp3) is 0.333. The normalized spacial score (nSPS) is 11.0. The van der Waals surface area contributed by atoms with E-state index in [1.54, 1.807) is 17.1 Å². The first-order valence-corrected chi connectivity index (χ1v) is 7.20. The van der Waals surface area contributed by atoms with Gasteiger partial charge in [-0.05, 0) is 25.5 Å². The summed E-state index contributed by atoms with van der Waals surface area (Å²) < 4.78 is 3.56. The molecule has 1 N–H and O–H groups in total. The Morgan fingerprint density at radius 1 is 1.41 bits per heavy atom. The Bertz CT molecular complexity index is 790. The van der Waals surface area contributed by atoms with Crippen LogP contribution in [0.5, 0.6) is 0 Å². The van der Waals surface area contributed by atoms with Crippen molar-refractivity contribution in [1.82, 2.24) is 29.9 Å². The molecule has 0 saturated carbocycles. The van der Waals surface area contributed by atoms with E-state index in [1.807, 2.05) is 37.0 Å². The van der Waals surface area contributed by atoms with E-state index in [2.05, 4.69) is 20.5 Å². The summed E-state index contributed by atoms with van der Waals surface area (Å²) in [4.78, 5) is 16.5. The summed E-state index contributed by atoms with van der Waals surface area (Å²) in [6, 6.07) is 3.73. The van der Waals surface area contributed by atoms with Gasteiger partial charge in [-0.1, -0.05) is 0 Å². The van der Waals surface area contributed by atoms with Crippen LogP contribution in [0.1, 0.15) is 22.5 Å². The summed E-state index contributed by atoms with van der Waals surface area (Å²) in [6.45, 7) is 3.30. The van der Waals surface area contributed by atoms with Crippen molar-refractivity contribution in [2.45, 2.75) is 19.9 Å². The molecular weight excluding hydrogens is 280 g/mol. The van der Waals surface area contributed by atoms with E-state index in [4.69, 9.17) is 0 Å². The lowest BCUT2D eigenvalue weighted by Gasteiger charge is -2.05. The highest BCUT2D eigenvalue weighted by Crippen LogP contribution is 2.16. The molecule has 3 aromatic rings. The molecular formula is C15H18N6O. The van der Waals surface area contributed by atoms with Crippen LogP contribution in [0.2, 0.25) is 0 Å². The number of nitrogens with zero attached hydrogens (tertiary/aromatic N) is 5. The van der Waals surface area contributed by atoms with Gasteiger partial charge in [-0.15, -0.1) is 0 Å². The van der Waals surface area contributed by atoms with Crippen LogP contribution < -0.4 is 5.32 Å². The number of carbonyl (C=O) groups is 1. The lowest BCUT2D eigenvalue weighted by molar-refractivity contribution is 0.0952. The molecule has 3 aromatic heterocycles. The molecule has 0 aliphatic heterocycles. The third-order valence-electron chi connectivity index (χ3n) is 3.53. The number of pyridine rings is 1. The molecule has 0 atom stereocenters. The maximum absolute atomic E-state index is 12.2. The van der Waals surface area contributed by atoms with Crippen molar-refractivity contribution >= 4 is 16.9 Å². The molecule has 22 heavy (non-hydrogen) atoms. The molecule has 114 valence electrons. The summed E-state index contributed by atoms with van der Waals surface area (Å²) >= 11 is 0. The SMILES string of the molecule is Cc1nn(C)c2ncc(C(=O)NCCCn3cccn3)cc12. The lowest BCUT2D eigenvalue weighted by Crippen LogP contribution is -2.25. The predicted molar refractivity (Wildman–Crippen MR) is 82.4 cm³/mol. The smallest absolute Gasteiger partial charge is 0.252 e. The first-order valence-electron chi connectivity index (χ1n) is 7.20. The number of hydrogen-bond donors (Lipinski definition) is 1. The van der Waals surface area contributed by atoms with Gasteiger partial charge in [0.2, 0.25) is 0 Å². The van der Waals surface area contributed by atoms with E-state index in [-0.39, 0.29) is 5.91 Å². The van der Waals surface area contributed by atoms with E-state index in [1.165, 1.54) is 0 Å². The van der Waals surface area contributed by atoms with Crippen molar-refractivity contribution in [2.24, 2.45) is 7.05 Å². The summed E-state index contributed by atoms with van der Waals surface area (Å²) in [5, 5.41) is 12.2. The van der Waals surface area contributed by atoms with Gasteiger partial charge in [0.1, 0.15) is 0 Å². The average Bonchev–Trinajstić information content (AvgIpc) is 3.12. The van der Waals surface area contributed by atoms with E-state index in [0.29, 0.717) is 12.1 Å². The number of rotatable bonds is 5. The van der Waals surface area contributed by atoms with Gasteiger partial charge in [-0.3, -0.25) is 14.2 Å². The molecule has 7 heteroatoms. The van der Waals surface area contributed by atoms with Gasteiger partial charge in [0.15, 0.2) is 5.65 Å². The van der Waals surface area contributed by atoms with Crippen molar-refractivity contribution in [3.05, 3.63) is 42.0 Å². The highest BCUT2D eigenvalue weighted by atomic mass is 16.1. The van der Waals surface area contributed by atoms with Crippen LogP contribution in [0.3, 0.4) is 0 Å². The van der Waals surface area contributed by atoms with Gasteiger partial charge in [-0.25, -0.2) is 4.98 Å². The number of carbonyl (C=O) groups excluding carboxylic acids is 1. The standard InChI is InChI=1S/C15H18N6O/c1-11-13-9-12(10-17-14(13)20(2)19-11)15(22)16-5-3-7-21-8-4-6-18-21/h4,6,8-10H,3,5,7H2,1-2H3,(H,16,22). The van der Waals surface area contributed by atoms with Crippen LogP contribution in [-0.4, -0.2) is 37.0 Å². The molecule has 7 nitrogen and oxygen atoms in total. The van der Waals surface area contributed by atoms with Gasteiger partial charge in [0.05, 0.1) is 11.3 Å². The zero-order valence-electron chi connectivity index (χ0n) is 12.7. The molecule has 0 aromatic carbocycles. The molecule has 0 unspecified atom stereocenters. The Kier molecular flexibility index (Phi) is 3.86. The van der Waals surface area contributed by atoms with E-state index >= 15 is 0 Å². The number of aromatic nitrogens is 5. The minimum absolute atomic E-state index is 0.113. The van der Waals surface area contributed by atoms with Crippen LogP contribution in [0, 0.1) is 6.92 Å². The average molecular weight is 298 g/mol. The Morgan fingerprint density at radius 2 is 2.27 bits per heavy atom. The first-order chi connectivity index (χ1) is 10.6. The molecule has 0 fully saturated rings. The van der Waals surface area contributed by atoms with Crippen molar-refractivity contribution in [3.8, 4) is 0 Å². The van der Waals surface area contributed by atoms with Crippen LogP contribution in [0.4, 0.5) is 0 Å². The molecule has 0 aliphatic carbocycles. The minimum Gasteiger partial charge on any atom is -0.352 e. The topological polar surface area (TPSA) is 77.6 Å². The number of nitrogens with one attached hydrogen (secondary N) is 1. The highest BCUT2D eigenvalue weighted by molar-refractivity contribution is 5.97. The highest BCUT2D eigenvalue weighted by Gasteiger charge is 2.11. The summed E-state index contributed by atoms with van der Waals surface area (Å²) in [5.41, 5.74) is 2.22. The predicted octanol–water partition coefficient (Wildman–Crippen LogP) is 1.29. The van der Waals surface area contributed by atoms with Gasteiger partial charge in [0.25, 0.3) is 5.91 Å². The Morgan fingerprint density at radius 3 is 3.05 bits per heavy atom. The minimum atomic E-state index is -0.113. The fourth-order valence-electron chi connectivity index (χ4n) is 2.41. The number of hydrogen-bond acceptors (Lipinski definition) is 4. The van der Waals surface area contributed by atoms with Crippen LogP contribution in [0.25, 0.3) is 11.0 Å². The summed E-state index contributed by atoms with van der Waals surface area (Å²) in [5.74, 6) is -0.113. The molecule has 0 saturated heterocycles.